The molecule has 1 aliphatic rings. The predicted molar refractivity (Wildman–Crippen MR) is 137 cm³/mol. The summed E-state index contributed by atoms with van der Waals surface area (Å²) < 4.78 is 9.91. The third-order valence-corrected chi connectivity index (χ3v) is 7.71. The number of likely N-dealkylation sites (tertiary alicyclic amines) is 1. The molecule has 3 rings (SSSR count). The third kappa shape index (κ3) is 7.16. The lowest BCUT2D eigenvalue weighted by Crippen LogP contribution is -2.43. The van der Waals surface area contributed by atoms with Crippen molar-refractivity contribution in [1.82, 2.24) is 10.2 Å². The van der Waals surface area contributed by atoms with Gasteiger partial charge >= 0.3 is 5.97 Å². The van der Waals surface area contributed by atoms with Gasteiger partial charge in [0.05, 0.1) is 29.2 Å². The first-order valence-electron chi connectivity index (χ1n) is 10.9. The van der Waals surface area contributed by atoms with Gasteiger partial charge in [0.1, 0.15) is 12.3 Å². The summed E-state index contributed by atoms with van der Waals surface area (Å²) in [5.74, 6) is -0.372. The highest BCUT2D eigenvalue weighted by Crippen LogP contribution is 2.42. The molecule has 0 aromatic heterocycles. The van der Waals surface area contributed by atoms with E-state index in [4.69, 9.17) is 27.9 Å². The first-order chi connectivity index (χ1) is 16.8. The maximum Gasteiger partial charge on any atom is 0.325 e. The number of carbonyl (C=O) groups is 3. The smallest absolute Gasteiger partial charge is 0.325 e. The molecule has 2 aromatic carbocycles. The Hall–Kier alpha value is -2.68. The molecule has 186 valence electrons. The van der Waals surface area contributed by atoms with Gasteiger partial charge in [0.2, 0.25) is 11.8 Å². The molecule has 0 saturated carbocycles. The maximum absolute atomic E-state index is 12.7. The zero-order valence-corrected chi connectivity index (χ0v) is 21.7. The number of esters is 1. The number of benzene rings is 2. The molecule has 1 aliphatic heterocycles. The van der Waals surface area contributed by atoms with E-state index in [0.29, 0.717) is 41.5 Å². The normalized spacial score (nSPS) is 14.1. The summed E-state index contributed by atoms with van der Waals surface area (Å²) in [6.07, 6.45) is 4.15. The van der Waals surface area contributed by atoms with Gasteiger partial charge in [0.25, 0.3) is 0 Å². The van der Waals surface area contributed by atoms with E-state index in [0.717, 1.165) is 15.5 Å². The van der Waals surface area contributed by atoms with Crippen LogP contribution < -0.4 is 10.1 Å². The number of hydrogen-bond donors (Lipinski definition) is 1. The number of hydrogen-bond acceptors (Lipinski definition) is 6. The Kier molecular flexibility index (Phi) is 9.89. The van der Waals surface area contributed by atoms with Crippen molar-refractivity contribution in [3.05, 3.63) is 58.1 Å². The SMILES string of the molecule is COC(=O)CNC(=O)C1CCN(C(=O)/C=C/c2ccc(Sc3ccccc3OC)c(Cl)c2Cl)CC1. The molecule has 1 N–H and O–H groups in total. The summed E-state index contributed by atoms with van der Waals surface area (Å²) in [5, 5.41) is 3.32. The van der Waals surface area contributed by atoms with Crippen molar-refractivity contribution in [3.8, 4) is 5.75 Å². The second kappa shape index (κ2) is 12.9. The van der Waals surface area contributed by atoms with Crippen LogP contribution in [0.5, 0.6) is 5.75 Å². The molecule has 1 heterocycles. The molecule has 2 aromatic rings. The lowest BCUT2D eigenvalue weighted by Gasteiger charge is -2.30. The highest BCUT2D eigenvalue weighted by Gasteiger charge is 2.26. The van der Waals surface area contributed by atoms with Crippen LogP contribution in [0, 0.1) is 5.92 Å². The molecule has 0 spiro atoms. The summed E-state index contributed by atoms with van der Waals surface area (Å²) >= 11 is 14.5. The minimum atomic E-state index is -0.499. The maximum atomic E-state index is 12.7. The fraction of sp³-hybridized carbons (Fsp3) is 0.320. The molecule has 2 amide bonds. The van der Waals surface area contributed by atoms with Crippen molar-refractivity contribution in [1.29, 1.82) is 0 Å². The fourth-order valence-corrected chi connectivity index (χ4v) is 5.12. The first-order valence-corrected chi connectivity index (χ1v) is 12.5. The molecule has 35 heavy (non-hydrogen) atoms. The van der Waals surface area contributed by atoms with Gasteiger partial charge in [-0.25, -0.2) is 0 Å². The fourth-order valence-electron chi connectivity index (χ4n) is 3.58. The zero-order valence-electron chi connectivity index (χ0n) is 19.4. The molecule has 0 bridgehead atoms. The van der Waals surface area contributed by atoms with E-state index >= 15 is 0 Å². The van der Waals surface area contributed by atoms with E-state index in [2.05, 4.69) is 10.1 Å². The minimum Gasteiger partial charge on any atom is -0.496 e. The Morgan fingerprint density at radius 3 is 2.46 bits per heavy atom. The second-order valence-corrected chi connectivity index (χ2v) is 9.60. The number of ether oxygens (including phenoxy) is 2. The summed E-state index contributed by atoms with van der Waals surface area (Å²) in [4.78, 5) is 39.4. The number of para-hydroxylation sites is 1. The summed E-state index contributed by atoms with van der Waals surface area (Å²) in [6, 6.07) is 11.3. The molecule has 0 unspecified atom stereocenters. The molecular weight excluding hydrogens is 511 g/mol. The van der Waals surface area contributed by atoms with Gasteiger partial charge < -0.3 is 19.7 Å². The van der Waals surface area contributed by atoms with Gasteiger partial charge in [0.15, 0.2) is 0 Å². The van der Waals surface area contributed by atoms with E-state index in [1.807, 2.05) is 36.4 Å². The molecule has 1 saturated heterocycles. The Balaban J connectivity index is 1.58. The molecular formula is C25H26Cl2N2O5S. The number of carbonyl (C=O) groups excluding carboxylic acids is 3. The topological polar surface area (TPSA) is 84.9 Å². The van der Waals surface area contributed by atoms with Gasteiger partial charge in [-0.3, -0.25) is 14.4 Å². The molecule has 1 fully saturated rings. The van der Waals surface area contributed by atoms with Gasteiger partial charge in [0, 0.05) is 30.0 Å². The lowest BCUT2D eigenvalue weighted by molar-refractivity contribution is -0.141. The van der Waals surface area contributed by atoms with Crippen molar-refractivity contribution in [2.75, 3.05) is 33.9 Å². The van der Waals surface area contributed by atoms with Crippen LogP contribution in [0.1, 0.15) is 18.4 Å². The van der Waals surface area contributed by atoms with Crippen LogP contribution in [-0.2, 0) is 19.1 Å². The standard InChI is InChI=1S/C25H26Cl2N2O5S/c1-33-18-5-3-4-6-19(18)35-20-9-7-16(23(26)24(20)27)8-10-21(30)29-13-11-17(12-14-29)25(32)28-15-22(31)34-2/h3-10,17H,11-15H2,1-2H3,(H,28,32)/b10-8+. The molecule has 0 radical (unpaired) electrons. The Morgan fingerprint density at radius 2 is 1.77 bits per heavy atom. The molecule has 0 aliphatic carbocycles. The van der Waals surface area contributed by atoms with Crippen molar-refractivity contribution >= 4 is 58.8 Å². The number of rotatable bonds is 8. The van der Waals surface area contributed by atoms with Gasteiger partial charge in [-0.1, -0.05) is 53.2 Å². The van der Waals surface area contributed by atoms with Gasteiger partial charge in [-0.15, -0.1) is 0 Å². The van der Waals surface area contributed by atoms with Crippen molar-refractivity contribution < 1.29 is 23.9 Å². The van der Waals surface area contributed by atoms with Crippen LogP contribution in [0.15, 0.2) is 52.3 Å². The predicted octanol–water partition coefficient (Wildman–Crippen LogP) is 4.69. The monoisotopic (exact) mass is 536 g/mol. The Bertz CT molecular complexity index is 1120. The van der Waals surface area contributed by atoms with E-state index in [9.17, 15) is 14.4 Å². The van der Waals surface area contributed by atoms with E-state index in [1.165, 1.54) is 24.9 Å². The van der Waals surface area contributed by atoms with Crippen LogP contribution >= 0.6 is 35.0 Å². The summed E-state index contributed by atoms with van der Waals surface area (Å²) in [5.41, 5.74) is 0.631. The van der Waals surface area contributed by atoms with E-state index < -0.39 is 5.97 Å². The molecule has 0 atom stereocenters. The van der Waals surface area contributed by atoms with Crippen LogP contribution in [0.2, 0.25) is 10.0 Å². The lowest BCUT2D eigenvalue weighted by atomic mass is 9.96. The van der Waals surface area contributed by atoms with Gasteiger partial charge in [-0.2, -0.15) is 0 Å². The van der Waals surface area contributed by atoms with Crippen LogP contribution in [0.4, 0.5) is 0 Å². The van der Waals surface area contributed by atoms with Crippen molar-refractivity contribution in [2.45, 2.75) is 22.6 Å². The van der Waals surface area contributed by atoms with E-state index in [1.54, 1.807) is 18.1 Å². The Labute approximate surface area is 218 Å². The average molecular weight is 537 g/mol. The van der Waals surface area contributed by atoms with Crippen LogP contribution in [-0.4, -0.2) is 56.5 Å². The third-order valence-electron chi connectivity index (χ3n) is 5.58. The summed E-state index contributed by atoms with van der Waals surface area (Å²) in [6.45, 7) is 0.738. The highest BCUT2D eigenvalue weighted by atomic mass is 35.5. The number of piperidine rings is 1. The molecule has 7 nitrogen and oxygen atoms in total. The number of halogens is 2. The number of amides is 2. The molecule has 10 heteroatoms. The van der Waals surface area contributed by atoms with Crippen molar-refractivity contribution in [3.63, 3.8) is 0 Å². The Morgan fingerprint density at radius 1 is 1.06 bits per heavy atom. The van der Waals surface area contributed by atoms with Gasteiger partial charge in [-0.05, 0) is 42.7 Å². The minimum absolute atomic E-state index is 0.156. The zero-order chi connectivity index (χ0) is 25.4. The summed E-state index contributed by atoms with van der Waals surface area (Å²) in [7, 11) is 2.88. The van der Waals surface area contributed by atoms with Crippen molar-refractivity contribution in [2.24, 2.45) is 5.92 Å². The number of methoxy groups -OCH3 is 2. The highest BCUT2D eigenvalue weighted by molar-refractivity contribution is 7.99. The van der Waals surface area contributed by atoms with Crippen LogP contribution in [0.3, 0.4) is 0 Å². The second-order valence-electron chi connectivity index (χ2n) is 7.76. The van der Waals surface area contributed by atoms with Crippen LogP contribution in [0.25, 0.3) is 6.08 Å². The number of nitrogens with one attached hydrogen (secondary N) is 1. The largest absolute Gasteiger partial charge is 0.496 e. The number of nitrogens with zero attached hydrogens (tertiary/aromatic N) is 1. The quantitative estimate of drug-likeness (QED) is 0.389. The first kappa shape index (κ1) is 26.9. The average Bonchev–Trinajstić information content (AvgIpc) is 2.89. The van der Waals surface area contributed by atoms with E-state index in [-0.39, 0.29) is 24.3 Å².